The van der Waals surface area contributed by atoms with Gasteiger partial charge in [-0.25, -0.2) is 17.7 Å². The van der Waals surface area contributed by atoms with Gasteiger partial charge in [0.2, 0.25) is 10.0 Å². The van der Waals surface area contributed by atoms with Crippen LogP contribution < -0.4 is 0 Å². The summed E-state index contributed by atoms with van der Waals surface area (Å²) < 4.78 is 28.1. The normalized spacial score (nSPS) is 21.4. The summed E-state index contributed by atoms with van der Waals surface area (Å²) in [5.74, 6) is 1.39. The molecule has 0 saturated carbocycles. The van der Waals surface area contributed by atoms with Gasteiger partial charge in [0.15, 0.2) is 0 Å². The zero-order valence-corrected chi connectivity index (χ0v) is 12.9. The molecule has 0 aromatic carbocycles. The minimum Gasteiger partial charge on any atom is -0.332 e. The minimum atomic E-state index is -3.10. The van der Waals surface area contributed by atoms with E-state index in [9.17, 15) is 8.42 Å². The van der Waals surface area contributed by atoms with Crippen molar-refractivity contribution >= 4 is 10.0 Å². The molecule has 0 bridgehead atoms. The van der Waals surface area contributed by atoms with Crippen LogP contribution in [0, 0.1) is 19.8 Å². The van der Waals surface area contributed by atoms with Crippen LogP contribution in [0.5, 0.6) is 0 Å². The molecule has 2 heterocycles. The van der Waals surface area contributed by atoms with Gasteiger partial charge in [0, 0.05) is 31.5 Å². The first-order valence-electron chi connectivity index (χ1n) is 6.80. The predicted octanol–water partition coefficient (Wildman–Crippen LogP) is 1.56. The van der Waals surface area contributed by atoms with Crippen LogP contribution in [-0.4, -0.2) is 40.6 Å². The fraction of sp³-hybridized carbons (Fsp3) is 0.769. The highest BCUT2D eigenvalue weighted by molar-refractivity contribution is 7.89. The molecule has 5 nitrogen and oxygen atoms in total. The number of hydrogen-bond donors (Lipinski definition) is 0. The lowest BCUT2D eigenvalue weighted by Crippen LogP contribution is -2.34. The topological polar surface area (TPSA) is 55.2 Å². The van der Waals surface area contributed by atoms with Gasteiger partial charge >= 0.3 is 0 Å². The van der Waals surface area contributed by atoms with Crippen LogP contribution in [0.15, 0.2) is 6.20 Å². The van der Waals surface area contributed by atoms with Gasteiger partial charge in [-0.1, -0.05) is 0 Å². The van der Waals surface area contributed by atoms with Crippen LogP contribution >= 0.6 is 0 Å². The van der Waals surface area contributed by atoms with Gasteiger partial charge in [-0.05, 0) is 40.0 Å². The van der Waals surface area contributed by atoms with Gasteiger partial charge in [-0.2, -0.15) is 0 Å². The van der Waals surface area contributed by atoms with E-state index in [1.54, 1.807) is 18.2 Å². The van der Waals surface area contributed by atoms with E-state index >= 15 is 0 Å². The lowest BCUT2D eigenvalue weighted by molar-refractivity contribution is 0.420. The lowest BCUT2D eigenvalue weighted by Gasteiger charge is -2.19. The van der Waals surface area contributed by atoms with E-state index in [1.165, 1.54) is 0 Å². The van der Waals surface area contributed by atoms with E-state index in [4.69, 9.17) is 0 Å². The molecular formula is C13H23N3O2S. The molecule has 1 aromatic rings. The van der Waals surface area contributed by atoms with Crippen molar-refractivity contribution in [3.8, 4) is 0 Å². The van der Waals surface area contributed by atoms with Crippen molar-refractivity contribution < 1.29 is 8.42 Å². The summed E-state index contributed by atoms with van der Waals surface area (Å²) in [4.78, 5) is 4.29. The molecule has 0 N–H and O–H groups in total. The molecule has 6 heteroatoms. The number of aromatic nitrogens is 2. The number of imidazole rings is 1. The van der Waals surface area contributed by atoms with Crippen molar-refractivity contribution in [2.24, 2.45) is 5.92 Å². The van der Waals surface area contributed by atoms with Gasteiger partial charge in [-0.3, -0.25) is 0 Å². The Kier molecular flexibility index (Phi) is 4.01. The zero-order valence-electron chi connectivity index (χ0n) is 12.1. The molecule has 19 heavy (non-hydrogen) atoms. The quantitative estimate of drug-likeness (QED) is 0.843. The fourth-order valence-corrected chi connectivity index (χ4v) is 3.97. The van der Waals surface area contributed by atoms with Gasteiger partial charge in [0.05, 0.1) is 5.25 Å². The van der Waals surface area contributed by atoms with Gasteiger partial charge in [0.1, 0.15) is 5.82 Å². The van der Waals surface area contributed by atoms with Crippen molar-refractivity contribution in [3.63, 3.8) is 0 Å². The summed E-state index contributed by atoms with van der Waals surface area (Å²) in [6.45, 7) is 9.67. The summed E-state index contributed by atoms with van der Waals surface area (Å²) >= 11 is 0. The highest BCUT2D eigenvalue weighted by Gasteiger charge is 2.33. The third-order valence-corrected chi connectivity index (χ3v) is 6.14. The average molecular weight is 285 g/mol. The lowest BCUT2D eigenvalue weighted by atomic mass is 10.1. The number of sulfonamides is 1. The second-order valence-corrected chi connectivity index (χ2v) is 8.15. The van der Waals surface area contributed by atoms with Crippen LogP contribution in [0.3, 0.4) is 0 Å². The molecule has 108 valence electrons. The van der Waals surface area contributed by atoms with E-state index in [1.807, 2.05) is 20.0 Å². The second-order valence-electron chi connectivity index (χ2n) is 5.66. The second kappa shape index (κ2) is 5.25. The number of aryl methyl sites for hydroxylation is 2. The summed E-state index contributed by atoms with van der Waals surface area (Å²) in [5.41, 5.74) is 1.14. The minimum absolute atomic E-state index is 0.331. The Hall–Kier alpha value is -0.880. The monoisotopic (exact) mass is 285 g/mol. The van der Waals surface area contributed by atoms with Crippen LogP contribution in [0.25, 0.3) is 0 Å². The molecule has 1 saturated heterocycles. The molecule has 0 amide bonds. The fourth-order valence-electron chi connectivity index (χ4n) is 2.59. The van der Waals surface area contributed by atoms with E-state index in [2.05, 4.69) is 9.55 Å². The molecule has 0 aliphatic carbocycles. The van der Waals surface area contributed by atoms with Crippen LogP contribution in [0.2, 0.25) is 0 Å². The summed E-state index contributed by atoms with van der Waals surface area (Å²) in [6.07, 6.45) is 2.80. The first-order valence-corrected chi connectivity index (χ1v) is 8.30. The molecule has 2 rings (SSSR count). The summed E-state index contributed by atoms with van der Waals surface area (Å²) in [5, 5.41) is -0.331. The van der Waals surface area contributed by atoms with E-state index in [-0.39, 0.29) is 5.25 Å². The Morgan fingerprint density at radius 3 is 2.63 bits per heavy atom. The molecule has 1 aliphatic heterocycles. The predicted molar refractivity (Wildman–Crippen MR) is 75.4 cm³/mol. The molecule has 1 aliphatic rings. The van der Waals surface area contributed by atoms with E-state index < -0.39 is 10.0 Å². The summed E-state index contributed by atoms with van der Waals surface area (Å²) in [6, 6.07) is 0. The molecular weight excluding hydrogens is 262 g/mol. The highest BCUT2D eigenvalue weighted by atomic mass is 32.2. The Balaban J connectivity index is 2.04. The number of rotatable bonds is 4. The molecule has 0 spiro atoms. The maximum atomic E-state index is 12.1. The molecule has 0 radical (unpaired) electrons. The Bertz CT molecular complexity index is 529. The highest BCUT2D eigenvalue weighted by Crippen LogP contribution is 2.24. The Morgan fingerprint density at radius 2 is 2.11 bits per heavy atom. The van der Waals surface area contributed by atoms with Gasteiger partial charge < -0.3 is 4.57 Å². The van der Waals surface area contributed by atoms with Crippen LogP contribution in [0.4, 0.5) is 0 Å². The van der Waals surface area contributed by atoms with Crippen LogP contribution in [-0.2, 0) is 16.6 Å². The van der Waals surface area contributed by atoms with Gasteiger partial charge in [0.25, 0.3) is 0 Å². The first-order chi connectivity index (χ1) is 8.82. The maximum absolute atomic E-state index is 12.1. The van der Waals surface area contributed by atoms with Crippen molar-refractivity contribution in [3.05, 3.63) is 17.7 Å². The average Bonchev–Trinajstić information content (AvgIpc) is 2.91. The molecule has 1 atom stereocenters. The van der Waals surface area contributed by atoms with Crippen molar-refractivity contribution in [1.29, 1.82) is 0 Å². The standard InChI is InChI=1S/C13H23N3O2S/c1-10(2)19(17,18)15-6-5-13(8-15)9-16-11(3)7-14-12(16)4/h7,10,13H,5-6,8-9H2,1-4H3. The molecule has 1 fully saturated rings. The molecule has 1 aromatic heterocycles. The Labute approximate surface area is 115 Å². The Morgan fingerprint density at radius 1 is 1.42 bits per heavy atom. The largest absolute Gasteiger partial charge is 0.332 e. The third kappa shape index (κ3) is 2.84. The number of nitrogens with zero attached hydrogens (tertiary/aromatic N) is 3. The van der Waals surface area contributed by atoms with E-state index in [0.717, 1.165) is 24.5 Å². The summed E-state index contributed by atoms with van der Waals surface area (Å²) in [7, 11) is -3.10. The van der Waals surface area contributed by atoms with Gasteiger partial charge in [-0.15, -0.1) is 0 Å². The first kappa shape index (κ1) is 14.5. The van der Waals surface area contributed by atoms with Crippen molar-refractivity contribution in [2.75, 3.05) is 13.1 Å². The van der Waals surface area contributed by atoms with Crippen LogP contribution in [0.1, 0.15) is 31.8 Å². The molecule has 1 unspecified atom stereocenters. The maximum Gasteiger partial charge on any atom is 0.216 e. The third-order valence-electron chi connectivity index (χ3n) is 3.90. The number of hydrogen-bond acceptors (Lipinski definition) is 3. The smallest absolute Gasteiger partial charge is 0.216 e. The van der Waals surface area contributed by atoms with Crippen molar-refractivity contribution in [2.45, 2.75) is 45.9 Å². The van der Waals surface area contributed by atoms with Crippen molar-refractivity contribution in [1.82, 2.24) is 13.9 Å². The zero-order chi connectivity index (χ0) is 14.2. The van der Waals surface area contributed by atoms with E-state index in [0.29, 0.717) is 19.0 Å². The SMILES string of the molecule is Cc1cnc(C)n1CC1CCN(S(=O)(=O)C(C)C)C1.